The number of hydrogen-bond donors (Lipinski definition) is 0. The van der Waals surface area contributed by atoms with Crippen molar-refractivity contribution in [2.45, 2.75) is 120 Å². The molecular weight excluding hydrogens is 658 g/mol. The van der Waals surface area contributed by atoms with E-state index in [9.17, 15) is 24.6 Å². The summed E-state index contributed by atoms with van der Waals surface area (Å²) in [5, 5.41) is 14.8. The summed E-state index contributed by atoms with van der Waals surface area (Å²) in [6.07, 6.45) is 2.07. The van der Waals surface area contributed by atoms with E-state index in [1.54, 1.807) is 0 Å². The van der Waals surface area contributed by atoms with Crippen molar-refractivity contribution >= 4 is 18.5 Å². The Balaban J connectivity index is 1.64. The molecule has 6 nitrogen and oxygen atoms in total. The number of aromatic nitrogens is 1. The van der Waals surface area contributed by atoms with E-state index in [2.05, 4.69) is 47.7 Å². The van der Waals surface area contributed by atoms with Gasteiger partial charge in [0.2, 0.25) is 5.69 Å². The van der Waals surface area contributed by atoms with Gasteiger partial charge >= 0.3 is 10.2 Å². The summed E-state index contributed by atoms with van der Waals surface area (Å²) in [7, 11) is -12.3. The Morgan fingerprint density at radius 1 is 0.915 bits per heavy atom. The molecule has 0 saturated carbocycles. The highest BCUT2D eigenvalue weighted by Crippen LogP contribution is 3.02. The number of benzene rings is 1. The molecule has 1 unspecified atom stereocenters. The van der Waals surface area contributed by atoms with Gasteiger partial charge in [-0.25, -0.2) is 0 Å². The van der Waals surface area contributed by atoms with E-state index in [-0.39, 0.29) is 16.4 Å². The van der Waals surface area contributed by atoms with Gasteiger partial charge in [-0.05, 0) is 60.5 Å². The van der Waals surface area contributed by atoms with Gasteiger partial charge in [-0.1, -0.05) is 66.2 Å². The van der Waals surface area contributed by atoms with Crippen LogP contribution in [-0.2, 0) is 30.7 Å². The molecule has 1 aromatic heterocycles. The smallest absolute Gasteiger partial charge is 0.310 e. The van der Waals surface area contributed by atoms with Crippen molar-refractivity contribution in [3.05, 3.63) is 63.1 Å². The molecule has 4 heterocycles. The molecule has 0 amide bonds. The van der Waals surface area contributed by atoms with Crippen molar-refractivity contribution in [2.75, 3.05) is 26.4 Å². The van der Waals surface area contributed by atoms with Crippen molar-refractivity contribution in [1.29, 1.82) is 0 Å². The number of rotatable bonds is 5. The fourth-order valence-corrected chi connectivity index (χ4v) is 9.63. The zero-order valence-electron chi connectivity index (χ0n) is 28.4. The molecule has 4 aliphatic rings. The molecule has 0 N–H and O–H groups in total. The Morgan fingerprint density at radius 2 is 1.49 bits per heavy atom. The van der Waals surface area contributed by atoms with Crippen LogP contribution in [0.3, 0.4) is 0 Å². The van der Waals surface area contributed by atoms with Crippen molar-refractivity contribution in [1.82, 2.24) is 0 Å². The minimum atomic E-state index is -9.90. The second-order valence-electron chi connectivity index (χ2n) is 16.3. The third-order valence-corrected chi connectivity index (χ3v) is 16.8. The van der Waals surface area contributed by atoms with Crippen LogP contribution in [0.1, 0.15) is 118 Å². The number of halogens is 5. The monoisotopic (exact) mass is 705 g/mol. The minimum absolute atomic E-state index is 0.104. The number of ether oxygens (including phenoxy) is 3. The lowest BCUT2D eigenvalue weighted by atomic mass is 9.69. The third-order valence-electron chi connectivity index (χ3n) is 11.1. The fourth-order valence-electron chi connectivity index (χ4n) is 7.72. The van der Waals surface area contributed by atoms with Crippen LogP contribution in [0.25, 0.3) is 0 Å². The van der Waals surface area contributed by atoms with Gasteiger partial charge in [-0.3, -0.25) is 0 Å². The Labute approximate surface area is 275 Å². The lowest BCUT2D eigenvalue weighted by Crippen LogP contribution is -2.50. The maximum absolute atomic E-state index is 14.9. The average molecular weight is 706 g/mol. The van der Waals surface area contributed by atoms with Gasteiger partial charge < -0.3 is 23.8 Å². The Kier molecular flexibility index (Phi) is 7.92. The molecule has 2 aromatic rings. The molecule has 1 spiro atoms. The van der Waals surface area contributed by atoms with Crippen LogP contribution < -0.4 is 4.73 Å². The van der Waals surface area contributed by atoms with Gasteiger partial charge in [0.15, 0.2) is 14.0 Å². The van der Waals surface area contributed by atoms with Crippen LogP contribution in [0, 0.1) is 10.6 Å². The molecule has 2 fully saturated rings. The summed E-state index contributed by atoms with van der Waals surface area (Å²) in [4.78, 5) is -1.95. The fraction of sp³-hybridized carbons (Fsp3) is 0.676. The van der Waals surface area contributed by atoms with Gasteiger partial charge in [-0.15, -0.1) is 0 Å². The van der Waals surface area contributed by atoms with Gasteiger partial charge in [0.05, 0.1) is 22.8 Å². The summed E-state index contributed by atoms with van der Waals surface area (Å²) in [6.45, 7) is 17.0. The molecule has 2 atom stereocenters. The Morgan fingerprint density at radius 3 is 2.04 bits per heavy atom. The number of fused-ring (bicyclic) bond motifs is 4. The van der Waals surface area contributed by atoms with Crippen molar-refractivity contribution in [2.24, 2.45) is 5.41 Å². The molecular formula is C34H48F5NO5SSi. The molecule has 1 aliphatic carbocycles. The Hall–Kier alpha value is -1.77. The van der Waals surface area contributed by atoms with E-state index in [1.165, 1.54) is 0 Å². The molecule has 0 bridgehead atoms. The van der Waals surface area contributed by atoms with Crippen molar-refractivity contribution in [3.63, 3.8) is 0 Å². The molecule has 264 valence electrons. The van der Waals surface area contributed by atoms with Gasteiger partial charge in [0.25, 0.3) is 0 Å². The second-order valence-corrected chi connectivity index (χ2v) is 23.4. The molecule has 1 aromatic carbocycles. The first-order valence-electron chi connectivity index (χ1n) is 16.6. The van der Waals surface area contributed by atoms with Crippen LogP contribution in [-0.4, -0.2) is 34.7 Å². The predicted molar refractivity (Wildman–Crippen MR) is 174 cm³/mol. The van der Waals surface area contributed by atoms with E-state index >= 15 is 0 Å². The molecule has 0 radical (unpaired) electrons. The standard InChI is InChI=1S/C34H48F5NO5SSi/c1-32(2,3)47(6,7)45-26-21-33(4,5)20-25-27(26)29-28(30(40(25)41)22-12-16-42-17-13-22)31(44-34(29)14-18-43-19-15-34)23-8-10-24(11-9-23)46(35,36,37,38)39/h8-11,22,26,31H,12-21H2,1-7H3/t26?,31-/m1/s1. The zero-order valence-corrected chi connectivity index (χ0v) is 30.2. The normalized spacial score (nSPS) is 26.4. The first-order valence-corrected chi connectivity index (χ1v) is 21.5. The first kappa shape index (κ1) is 35.1. The van der Waals surface area contributed by atoms with Crippen molar-refractivity contribution in [3.8, 4) is 0 Å². The predicted octanol–water partition coefficient (Wildman–Crippen LogP) is 10.0. The van der Waals surface area contributed by atoms with E-state index in [0.717, 1.165) is 28.0 Å². The van der Waals surface area contributed by atoms with Gasteiger partial charge in [0.1, 0.15) is 11.0 Å². The summed E-state index contributed by atoms with van der Waals surface area (Å²) < 4.78 is 95.4. The maximum Gasteiger partial charge on any atom is 0.310 e. The third kappa shape index (κ3) is 6.37. The maximum atomic E-state index is 14.9. The van der Waals surface area contributed by atoms with Crippen LogP contribution in [0.5, 0.6) is 0 Å². The van der Waals surface area contributed by atoms with Crippen LogP contribution in [0.4, 0.5) is 19.4 Å². The summed E-state index contributed by atoms with van der Waals surface area (Å²) in [5.41, 5.74) is 2.77. The van der Waals surface area contributed by atoms with E-state index in [1.807, 2.05) is 0 Å². The molecule has 6 rings (SSSR count). The molecule has 47 heavy (non-hydrogen) atoms. The van der Waals surface area contributed by atoms with Crippen LogP contribution in [0.15, 0.2) is 29.2 Å². The SMILES string of the molecule is CC1(C)Cc2c(c3c(c(C4CCOCC4)[n+]2[O-])[C@@H](c2ccc(S(F)(F)(F)(F)F)cc2)OC32CCOCC2)C(O[Si](C)(C)C(C)(C)C)C1. The van der Waals surface area contributed by atoms with Gasteiger partial charge in [0, 0.05) is 57.2 Å². The zero-order chi connectivity index (χ0) is 34.5. The number of hydrogen-bond acceptors (Lipinski definition) is 5. The number of pyridine rings is 1. The highest BCUT2D eigenvalue weighted by atomic mass is 32.5. The van der Waals surface area contributed by atoms with Crippen LogP contribution >= 0.6 is 10.2 Å². The highest BCUT2D eigenvalue weighted by molar-refractivity contribution is 8.45. The lowest BCUT2D eigenvalue weighted by Gasteiger charge is -2.45. The second kappa shape index (κ2) is 10.6. The highest BCUT2D eigenvalue weighted by Gasteiger charge is 2.65. The van der Waals surface area contributed by atoms with Crippen LogP contribution in [0.2, 0.25) is 18.1 Å². The lowest BCUT2D eigenvalue weighted by molar-refractivity contribution is -0.627. The Bertz CT molecular complexity index is 1550. The van der Waals surface area contributed by atoms with Crippen molar-refractivity contribution < 1.29 is 42.8 Å². The summed E-state index contributed by atoms with van der Waals surface area (Å²) in [6, 6.07) is 3.04. The number of nitrogens with zero attached hydrogens (tertiary/aromatic N) is 1. The molecule has 2 saturated heterocycles. The van der Waals surface area contributed by atoms with E-state index in [4.69, 9.17) is 18.6 Å². The quantitative estimate of drug-likeness (QED) is 0.134. The van der Waals surface area contributed by atoms with E-state index in [0.29, 0.717) is 99.6 Å². The van der Waals surface area contributed by atoms with E-state index < -0.39 is 41.2 Å². The minimum Gasteiger partial charge on any atom is -0.618 e. The van der Waals surface area contributed by atoms with Gasteiger partial charge in [-0.2, -0.15) is 4.73 Å². The molecule has 13 heteroatoms. The summed E-state index contributed by atoms with van der Waals surface area (Å²) >= 11 is 0. The first-order chi connectivity index (χ1) is 21.4. The summed E-state index contributed by atoms with van der Waals surface area (Å²) in [5.74, 6) is -0.171. The molecule has 3 aliphatic heterocycles. The largest absolute Gasteiger partial charge is 0.618 e. The topological polar surface area (TPSA) is 63.9 Å². The average Bonchev–Trinajstić information content (AvgIpc) is 3.25.